The molecule has 1 atom stereocenters. The van der Waals surface area contributed by atoms with Crippen LogP contribution in [-0.4, -0.2) is 37.0 Å². The van der Waals surface area contributed by atoms with Gasteiger partial charge in [0.15, 0.2) is 6.61 Å². The van der Waals surface area contributed by atoms with Crippen molar-refractivity contribution < 1.29 is 23.5 Å². The number of nitrogens with zero attached hydrogens (tertiary/aromatic N) is 1. The van der Waals surface area contributed by atoms with Crippen molar-refractivity contribution in [1.29, 1.82) is 0 Å². The minimum Gasteiger partial charge on any atom is -0.497 e. The number of hydrogen-bond donors (Lipinski definition) is 1. The van der Waals surface area contributed by atoms with Crippen molar-refractivity contribution in [1.82, 2.24) is 4.90 Å². The summed E-state index contributed by atoms with van der Waals surface area (Å²) in [6.07, 6.45) is 2.58. The average Bonchev–Trinajstić information content (AvgIpc) is 3.73. The molecular weight excluding hydrogens is 447 g/mol. The molecule has 35 heavy (non-hydrogen) atoms. The number of fused-ring (bicyclic) bond motifs is 1. The standard InChI is InChI=1S/C28H27FN2O4/c1-34-23-12-9-22(10-13-23)30-26(32)17-35-24-11-6-18-14-15-31(28(33)20-2-3-20)27(25(18)16-24)19-4-7-21(29)8-5-19/h4-13,16,20,27H,2-3,14-15,17H2,1H3,(H,30,32). The van der Waals surface area contributed by atoms with Gasteiger partial charge < -0.3 is 19.7 Å². The van der Waals surface area contributed by atoms with Gasteiger partial charge in [-0.15, -0.1) is 0 Å². The number of methoxy groups -OCH3 is 1. The van der Waals surface area contributed by atoms with Crippen LogP contribution >= 0.6 is 0 Å². The SMILES string of the molecule is COc1ccc(NC(=O)COc2ccc3c(c2)C(c2ccc(F)cc2)N(C(=O)C2CC2)CC3)cc1. The zero-order chi connectivity index (χ0) is 24.4. The highest BCUT2D eigenvalue weighted by atomic mass is 19.1. The largest absolute Gasteiger partial charge is 0.497 e. The first-order chi connectivity index (χ1) is 17.0. The van der Waals surface area contributed by atoms with E-state index in [1.165, 1.54) is 12.1 Å². The molecule has 1 aliphatic carbocycles. The fraction of sp³-hybridized carbons (Fsp3) is 0.286. The molecule has 3 aromatic rings. The third-order valence-corrected chi connectivity index (χ3v) is 6.48. The number of halogens is 1. The van der Waals surface area contributed by atoms with Crippen LogP contribution in [0.15, 0.2) is 66.7 Å². The number of carbonyl (C=O) groups excluding carboxylic acids is 2. The van der Waals surface area contributed by atoms with E-state index in [2.05, 4.69) is 5.32 Å². The van der Waals surface area contributed by atoms with Crippen LogP contribution in [0.2, 0.25) is 0 Å². The fourth-order valence-electron chi connectivity index (χ4n) is 4.51. The van der Waals surface area contributed by atoms with Crippen molar-refractivity contribution in [2.75, 3.05) is 25.6 Å². The van der Waals surface area contributed by atoms with E-state index in [9.17, 15) is 14.0 Å². The first kappa shape index (κ1) is 22.9. The molecule has 0 bridgehead atoms. The lowest BCUT2D eigenvalue weighted by Crippen LogP contribution is -2.41. The van der Waals surface area contributed by atoms with E-state index < -0.39 is 0 Å². The van der Waals surface area contributed by atoms with Crippen molar-refractivity contribution in [3.8, 4) is 11.5 Å². The molecule has 3 aromatic carbocycles. The van der Waals surface area contributed by atoms with Crippen LogP contribution < -0.4 is 14.8 Å². The van der Waals surface area contributed by atoms with Crippen molar-refractivity contribution in [3.63, 3.8) is 0 Å². The van der Waals surface area contributed by atoms with Gasteiger partial charge in [-0.3, -0.25) is 9.59 Å². The number of benzene rings is 3. The van der Waals surface area contributed by atoms with Gasteiger partial charge in [-0.1, -0.05) is 18.2 Å². The maximum Gasteiger partial charge on any atom is 0.262 e. The van der Waals surface area contributed by atoms with Crippen molar-refractivity contribution >= 4 is 17.5 Å². The molecule has 1 heterocycles. The van der Waals surface area contributed by atoms with Crippen molar-refractivity contribution in [2.45, 2.75) is 25.3 Å². The van der Waals surface area contributed by atoms with Crippen LogP contribution in [0.4, 0.5) is 10.1 Å². The predicted octanol–water partition coefficient (Wildman–Crippen LogP) is 4.74. The Labute approximate surface area is 203 Å². The Morgan fingerprint density at radius 1 is 1.00 bits per heavy atom. The number of ether oxygens (including phenoxy) is 2. The summed E-state index contributed by atoms with van der Waals surface area (Å²) in [4.78, 5) is 27.4. The normalized spacial score (nSPS) is 16.9. The van der Waals surface area contributed by atoms with Crippen molar-refractivity contribution in [2.24, 2.45) is 5.92 Å². The minimum absolute atomic E-state index is 0.0839. The molecular formula is C28H27FN2O4. The summed E-state index contributed by atoms with van der Waals surface area (Å²) in [7, 11) is 1.59. The van der Waals surface area contributed by atoms with Gasteiger partial charge in [-0.25, -0.2) is 4.39 Å². The van der Waals surface area contributed by atoms with Gasteiger partial charge in [0, 0.05) is 18.2 Å². The second-order valence-electron chi connectivity index (χ2n) is 8.94. The Hall–Kier alpha value is -3.87. The molecule has 1 fully saturated rings. The fourth-order valence-corrected chi connectivity index (χ4v) is 4.51. The molecule has 180 valence electrons. The zero-order valence-corrected chi connectivity index (χ0v) is 19.5. The maximum atomic E-state index is 13.6. The van der Waals surface area contributed by atoms with Gasteiger partial charge >= 0.3 is 0 Å². The highest BCUT2D eigenvalue weighted by molar-refractivity contribution is 5.91. The minimum atomic E-state index is -0.316. The van der Waals surface area contributed by atoms with Gasteiger partial charge in [0.25, 0.3) is 5.91 Å². The van der Waals surface area contributed by atoms with Gasteiger partial charge in [0.05, 0.1) is 13.2 Å². The number of anilines is 1. The lowest BCUT2D eigenvalue weighted by molar-refractivity contribution is -0.134. The molecule has 1 unspecified atom stereocenters. The summed E-state index contributed by atoms with van der Waals surface area (Å²) in [5, 5.41) is 2.80. The summed E-state index contributed by atoms with van der Waals surface area (Å²) >= 11 is 0. The van der Waals surface area contributed by atoms with Crippen LogP contribution in [0.1, 0.15) is 35.6 Å². The molecule has 0 aromatic heterocycles. The monoisotopic (exact) mass is 474 g/mol. The smallest absolute Gasteiger partial charge is 0.262 e. The van der Waals surface area contributed by atoms with Gasteiger partial charge in [0.1, 0.15) is 17.3 Å². The van der Waals surface area contributed by atoms with E-state index in [0.717, 1.165) is 36.0 Å². The predicted molar refractivity (Wildman–Crippen MR) is 130 cm³/mol. The first-order valence-electron chi connectivity index (χ1n) is 11.8. The molecule has 2 aliphatic rings. The summed E-state index contributed by atoms with van der Waals surface area (Å²) in [5.41, 5.74) is 3.57. The number of amides is 2. The third kappa shape index (κ3) is 5.14. The summed E-state index contributed by atoms with van der Waals surface area (Å²) < 4.78 is 24.6. The van der Waals surface area contributed by atoms with Crippen molar-refractivity contribution in [3.05, 3.63) is 89.2 Å². The Morgan fingerprint density at radius 2 is 1.71 bits per heavy atom. The number of nitrogens with one attached hydrogen (secondary N) is 1. The zero-order valence-electron chi connectivity index (χ0n) is 19.5. The lowest BCUT2D eigenvalue weighted by Gasteiger charge is -2.38. The van der Waals surface area contributed by atoms with Crippen LogP contribution in [-0.2, 0) is 16.0 Å². The van der Waals surface area contributed by atoms with Gasteiger partial charge in [0.2, 0.25) is 5.91 Å². The van der Waals surface area contributed by atoms with Crippen LogP contribution in [0.3, 0.4) is 0 Å². The van der Waals surface area contributed by atoms with E-state index in [0.29, 0.717) is 23.7 Å². The van der Waals surface area contributed by atoms with E-state index >= 15 is 0 Å². The van der Waals surface area contributed by atoms with E-state index in [-0.39, 0.29) is 36.2 Å². The van der Waals surface area contributed by atoms with E-state index in [1.807, 2.05) is 23.1 Å². The molecule has 0 saturated heterocycles. The molecule has 6 nitrogen and oxygen atoms in total. The first-order valence-corrected chi connectivity index (χ1v) is 11.8. The number of carbonyl (C=O) groups is 2. The molecule has 1 aliphatic heterocycles. The molecule has 7 heteroatoms. The maximum absolute atomic E-state index is 13.6. The summed E-state index contributed by atoms with van der Waals surface area (Å²) in [6.45, 7) is 0.464. The third-order valence-electron chi connectivity index (χ3n) is 6.48. The Balaban J connectivity index is 1.34. The molecule has 1 N–H and O–H groups in total. The molecule has 2 amide bonds. The van der Waals surface area contributed by atoms with Crippen LogP contribution in [0, 0.1) is 11.7 Å². The van der Waals surface area contributed by atoms with E-state index in [4.69, 9.17) is 9.47 Å². The van der Waals surface area contributed by atoms with Crippen LogP contribution in [0.5, 0.6) is 11.5 Å². The Bertz CT molecular complexity index is 1220. The Morgan fingerprint density at radius 3 is 2.40 bits per heavy atom. The quantitative estimate of drug-likeness (QED) is 0.537. The summed E-state index contributed by atoms with van der Waals surface area (Å²) in [5.74, 6) is 0.883. The number of rotatable bonds is 7. The second kappa shape index (κ2) is 9.78. The van der Waals surface area contributed by atoms with Gasteiger partial charge in [-0.2, -0.15) is 0 Å². The molecule has 0 radical (unpaired) electrons. The second-order valence-corrected chi connectivity index (χ2v) is 8.94. The Kier molecular flexibility index (Phi) is 6.40. The molecule has 1 saturated carbocycles. The highest BCUT2D eigenvalue weighted by Crippen LogP contribution is 2.41. The lowest BCUT2D eigenvalue weighted by atomic mass is 9.87. The van der Waals surface area contributed by atoms with Crippen LogP contribution in [0.25, 0.3) is 0 Å². The number of hydrogen-bond acceptors (Lipinski definition) is 4. The summed E-state index contributed by atoms with van der Waals surface area (Å²) in [6, 6.07) is 18.8. The molecule has 0 spiro atoms. The van der Waals surface area contributed by atoms with Gasteiger partial charge in [-0.05, 0) is 84.5 Å². The highest BCUT2D eigenvalue weighted by Gasteiger charge is 2.39. The molecule has 5 rings (SSSR count). The average molecular weight is 475 g/mol. The van der Waals surface area contributed by atoms with E-state index in [1.54, 1.807) is 43.5 Å². The topological polar surface area (TPSA) is 67.9 Å².